The van der Waals surface area contributed by atoms with Crippen molar-refractivity contribution >= 4 is 11.7 Å². The zero-order chi connectivity index (χ0) is 20.0. The summed E-state index contributed by atoms with van der Waals surface area (Å²) in [6, 6.07) is 9.20. The van der Waals surface area contributed by atoms with E-state index in [9.17, 15) is 14.9 Å². The first kappa shape index (κ1) is 20.6. The molecule has 7 nitrogen and oxygen atoms in total. The minimum absolute atomic E-state index is 0.0359. The van der Waals surface area contributed by atoms with Crippen molar-refractivity contribution in [3.8, 4) is 11.3 Å². The molecule has 0 aliphatic carbocycles. The molecule has 2 rings (SSSR count). The molecule has 0 aliphatic heterocycles. The number of furan rings is 1. The third-order valence-electron chi connectivity index (χ3n) is 4.29. The Bertz CT molecular complexity index is 793. The standard InChI is InChI=1S/C20H26N2O5/c1-5-21(6-2)13-20(3,4)14-26-19(23)18-11-10-17(27-18)15-8-7-9-16(12-15)22(24)25/h7-12H,5-6,13-14H2,1-4H3. The molecule has 2 aromatic rings. The Morgan fingerprint density at radius 2 is 1.93 bits per heavy atom. The summed E-state index contributed by atoms with van der Waals surface area (Å²) in [5.41, 5.74) is 0.313. The van der Waals surface area contributed by atoms with E-state index in [0.717, 1.165) is 19.6 Å². The van der Waals surface area contributed by atoms with Crippen molar-refractivity contribution in [3.05, 3.63) is 52.3 Å². The van der Waals surface area contributed by atoms with Crippen LogP contribution in [0.1, 0.15) is 38.2 Å². The van der Waals surface area contributed by atoms with Crippen molar-refractivity contribution in [2.45, 2.75) is 27.7 Å². The van der Waals surface area contributed by atoms with Gasteiger partial charge in [-0.2, -0.15) is 0 Å². The normalized spacial score (nSPS) is 11.6. The number of hydrogen-bond acceptors (Lipinski definition) is 6. The predicted molar refractivity (Wildman–Crippen MR) is 103 cm³/mol. The van der Waals surface area contributed by atoms with Crippen LogP contribution in [0.2, 0.25) is 0 Å². The van der Waals surface area contributed by atoms with Crippen LogP contribution in [0, 0.1) is 15.5 Å². The van der Waals surface area contributed by atoms with Crippen molar-refractivity contribution < 1.29 is 18.9 Å². The van der Waals surface area contributed by atoms with E-state index in [0.29, 0.717) is 11.3 Å². The molecule has 1 aromatic heterocycles. The summed E-state index contributed by atoms with van der Waals surface area (Å²) in [6.45, 7) is 11.3. The summed E-state index contributed by atoms with van der Waals surface area (Å²) >= 11 is 0. The number of nitro benzene ring substituents is 1. The van der Waals surface area contributed by atoms with E-state index in [1.165, 1.54) is 18.2 Å². The molecule has 7 heteroatoms. The average Bonchev–Trinajstić information content (AvgIpc) is 3.14. The maximum Gasteiger partial charge on any atom is 0.374 e. The van der Waals surface area contributed by atoms with Crippen molar-refractivity contribution in [3.63, 3.8) is 0 Å². The number of non-ortho nitro benzene ring substituents is 1. The van der Waals surface area contributed by atoms with Crippen LogP contribution in [0.4, 0.5) is 5.69 Å². The third kappa shape index (κ3) is 5.65. The smallest absolute Gasteiger partial charge is 0.374 e. The maximum absolute atomic E-state index is 12.3. The van der Waals surface area contributed by atoms with Gasteiger partial charge in [0.25, 0.3) is 5.69 Å². The molecule has 0 saturated heterocycles. The summed E-state index contributed by atoms with van der Waals surface area (Å²) in [5.74, 6) is -0.0810. The Kier molecular flexibility index (Phi) is 6.74. The number of ether oxygens (including phenoxy) is 1. The SMILES string of the molecule is CCN(CC)CC(C)(C)COC(=O)c1ccc(-c2cccc([N+](=O)[O-])c2)o1. The Morgan fingerprint density at radius 1 is 1.22 bits per heavy atom. The first-order valence-corrected chi connectivity index (χ1v) is 9.00. The lowest BCUT2D eigenvalue weighted by atomic mass is 9.94. The topological polar surface area (TPSA) is 85.8 Å². The maximum atomic E-state index is 12.3. The molecule has 0 amide bonds. The number of hydrogen-bond donors (Lipinski definition) is 0. The largest absolute Gasteiger partial charge is 0.459 e. The van der Waals surface area contributed by atoms with Gasteiger partial charge >= 0.3 is 5.97 Å². The van der Waals surface area contributed by atoms with Gasteiger partial charge in [-0.25, -0.2) is 4.79 Å². The molecule has 0 saturated carbocycles. The van der Waals surface area contributed by atoms with Crippen LogP contribution in [0.5, 0.6) is 0 Å². The first-order valence-electron chi connectivity index (χ1n) is 9.00. The van der Waals surface area contributed by atoms with E-state index >= 15 is 0 Å². The Morgan fingerprint density at radius 3 is 2.56 bits per heavy atom. The summed E-state index contributed by atoms with van der Waals surface area (Å²) in [5, 5.41) is 10.9. The fourth-order valence-electron chi connectivity index (χ4n) is 2.81. The second-order valence-corrected chi connectivity index (χ2v) is 7.17. The van der Waals surface area contributed by atoms with Crippen LogP contribution in [0.3, 0.4) is 0 Å². The fourth-order valence-corrected chi connectivity index (χ4v) is 2.81. The molecule has 1 aromatic carbocycles. The van der Waals surface area contributed by atoms with Gasteiger partial charge < -0.3 is 14.1 Å². The monoisotopic (exact) mass is 374 g/mol. The van der Waals surface area contributed by atoms with Gasteiger partial charge in [-0.3, -0.25) is 10.1 Å². The highest BCUT2D eigenvalue weighted by atomic mass is 16.6. The molecule has 0 radical (unpaired) electrons. The highest BCUT2D eigenvalue weighted by molar-refractivity contribution is 5.87. The van der Waals surface area contributed by atoms with Gasteiger partial charge in [-0.05, 0) is 25.2 Å². The van der Waals surface area contributed by atoms with Crippen LogP contribution >= 0.6 is 0 Å². The van der Waals surface area contributed by atoms with Crippen molar-refractivity contribution in [2.24, 2.45) is 5.41 Å². The number of nitro groups is 1. The number of nitrogens with zero attached hydrogens (tertiary/aromatic N) is 2. The van der Waals surface area contributed by atoms with Crippen molar-refractivity contribution in [1.82, 2.24) is 4.90 Å². The second kappa shape index (κ2) is 8.81. The van der Waals surface area contributed by atoms with E-state index in [1.807, 2.05) is 0 Å². The van der Waals surface area contributed by atoms with Crippen LogP contribution in [-0.4, -0.2) is 42.0 Å². The van der Waals surface area contributed by atoms with Crippen molar-refractivity contribution in [1.29, 1.82) is 0 Å². The molecule has 0 unspecified atom stereocenters. The van der Waals surface area contributed by atoms with E-state index < -0.39 is 10.9 Å². The summed E-state index contributed by atoms with van der Waals surface area (Å²) in [6.07, 6.45) is 0. The molecule has 1 heterocycles. The highest BCUT2D eigenvalue weighted by Gasteiger charge is 2.24. The van der Waals surface area contributed by atoms with Gasteiger partial charge in [0.05, 0.1) is 11.5 Å². The summed E-state index contributed by atoms with van der Waals surface area (Å²) < 4.78 is 11.0. The van der Waals surface area contributed by atoms with Crippen LogP contribution in [-0.2, 0) is 4.74 Å². The molecule has 0 atom stereocenters. The third-order valence-corrected chi connectivity index (χ3v) is 4.29. The molecule has 146 valence electrons. The van der Waals surface area contributed by atoms with E-state index in [-0.39, 0.29) is 23.5 Å². The van der Waals surface area contributed by atoms with Gasteiger partial charge in [0.2, 0.25) is 5.76 Å². The number of benzene rings is 1. The fraction of sp³-hybridized carbons (Fsp3) is 0.450. The quantitative estimate of drug-likeness (QED) is 0.368. The minimum atomic E-state index is -0.542. The lowest BCUT2D eigenvalue weighted by Gasteiger charge is -2.30. The van der Waals surface area contributed by atoms with Gasteiger partial charge in [0, 0.05) is 29.7 Å². The van der Waals surface area contributed by atoms with E-state index in [2.05, 4.69) is 32.6 Å². The van der Waals surface area contributed by atoms with Gasteiger partial charge in [0.1, 0.15) is 5.76 Å². The van der Waals surface area contributed by atoms with E-state index in [4.69, 9.17) is 9.15 Å². The van der Waals surface area contributed by atoms with Gasteiger partial charge in [-0.1, -0.05) is 39.8 Å². The molecule has 0 aliphatic rings. The minimum Gasteiger partial charge on any atom is -0.459 e. The lowest BCUT2D eigenvalue weighted by molar-refractivity contribution is -0.384. The molecule has 0 spiro atoms. The zero-order valence-corrected chi connectivity index (χ0v) is 16.2. The van der Waals surface area contributed by atoms with Gasteiger partial charge in [-0.15, -0.1) is 0 Å². The molecular weight excluding hydrogens is 348 g/mol. The molecule has 0 bridgehead atoms. The Hall–Kier alpha value is -2.67. The Labute approximate surface area is 159 Å². The molecule has 27 heavy (non-hydrogen) atoms. The number of esters is 1. The van der Waals surface area contributed by atoms with E-state index in [1.54, 1.807) is 18.2 Å². The Balaban J connectivity index is 2.02. The first-order chi connectivity index (χ1) is 12.8. The second-order valence-electron chi connectivity index (χ2n) is 7.17. The zero-order valence-electron chi connectivity index (χ0n) is 16.2. The number of rotatable bonds is 9. The summed E-state index contributed by atoms with van der Waals surface area (Å²) in [4.78, 5) is 25.0. The van der Waals surface area contributed by atoms with Crippen LogP contribution in [0.25, 0.3) is 11.3 Å². The van der Waals surface area contributed by atoms with Crippen LogP contribution in [0.15, 0.2) is 40.8 Å². The van der Waals surface area contributed by atoms with Crippen LogP contribution < -0.4 is 0 Å². The predicted octanol–water partition coefficient (Wildman–Crippen LogP) is 4.38. The molecule has 0 N–H and O–H groups in total. The van der Waals surface area contributed by atoms with Crippen molar-refractivity contribution in [2.75, 3.05) is 26.2 Å². The van der Waals surface area contributed by atoms with Gasteiger partial charge in [0.15, 0.2) is 0 Å². The average molecular weight is 374 g/mol. The number of carbonyl (C=O) groups excluding carboxylic acids is 1. The lowest BCUT2D eigenvalue weighted by Crippen LogP contribution is -2.37. The highest BCUT2D eigenvalue weighted by Crippen LogP contribution is 2.26. The number of carbonyl (C=O) groups is 1. The molecular formula is C20H26N2O5. The summed E-state index contributed by atoms with van der Waals surface area (Å²) in [7, 11) is 0. The molecule has 0 fully saturated rings.